The topological polar surface area (TPSA) is 80.1 Å². The molecular formula is C19H22N5O3+. The predicted molar refractivity (Wildman–Crippen MR) is 98.8 cm³/mol. The summed E-state index contributed by atoms with van der Waals surface area (Å²) in [5.41, 5.74) is 0.601. The zero-order valence-electron chi connectivity index (χ0n) is 15.2. The number of anilines is 2. The van der Waals surface area contributed by atoms with Crippen LogP contribution in [0.1, 0.15) is 6.42 Å². The maximum Gasteiger partial charge on any atom is 0.292 e. The molecule has 27 heavy (non-hydrogen) atoms. The molecule has 8 heteroatoms. The molecule has 0 bridgehead atoms. The van der Waals surface area contributed by atoms with Crippen molar-refractivity contribution in [2.45, 2.75) is 12.5 Å². The van der Waals surface area contributed by atoms with Crippen molar-refractivity contribution >= 4 is 23.5 Å². The van der Waals surface area contributed by atoms with E-state index in [4.69, 9.17) is 4.74 Å². The lowest BCUT2D eigenvalue weighted by molar-refractivity contribution is -0.915. The van der Waals surface area contributed by atoms with Gasteiger partial charge < -0.3 is 14.5 Å². The number of quaternary nitrogens is 1. The van der Waals surface area contributed by atoms with Crippen molar-refractivity contribution in [3.63, 3.8) is 0 Å². The van der Waals surface area contributed by atoms with E-state index in [1.54, 1.807) is 49.8 Å². The fourth-order valence-electron chi connectivity index (χ4n) is 3.75. The Bertz CT molecular complexity index is 819. The van der Waals surface area contributed by atoms with Crippen molar-refractivity contribution in [2.75, 3.05) is 43.1 Å². The van der Waals surface area contributed by atoms with Gasteiger partial charge in [0.25, 0.3) is 5.91 Å². The molecule has 1 aromatic carbocycles. The van der Waals surface area contributed by atoms with Gasteiger partial charge in [-0.15, -0.1) is 0 Å². The van der Waals surface area contributed by atoms with Crippen LogP contribution in [0.4, 0.5) is 11.6 Å². The van der Waals surface area contributed by atoms with Crippen molar-refractivity contribution in [3.8, 4) is 5.75 Å². The van der Waals surface area contributed by atoms with Crippen molar-refractivity contribution in [1.29, 1.82) is 0 Å². The summed E-state index contributed by atoms with van der Waals surface area (Å²) < 4.78 is 5.14. The van der Waals surface area contributed by atoms with Crippen LogP contribution in [0.5, 0.6) is 5.75 Å². The number of hydrogen-bond acceptors (Lipinski definition) is 6. The Kier molecular flexibility index (Phi) is 4.72. The van der Waals surface area contributed by atoms with Crippen LogP contribution < -0.4 is 19.4 Å². The number of aromatic nitrogens is 2. The molecule has 0 aliphatic carbocycles. The van der Waals surface area contributed by atoms with E-state index in [1.165, 1.54) is 4.90 Å². The van der Waals surface area contributed by atoms with E-state index in [0.29, 0.717) is 17.4 Å². The number of methoxy groups -OCH3 is 1. The second-order valence-electron chi connectivity index (χ2n) is 6.72. The largest absolute Gasteiger partial charge is 0.497 e. The number of nitrogens with zero attached hydrogens (tertiary/aromatic N) is 4. The average Bonchev–Trinajstić information content (AvgIpc) is 3.03. The summed E-state index contributed by atoms with van der Waals surface area (Å²) in [6.07, 6.45) is 3.71. The van der Waals surface area contributed by atoms with Crippen LogP contribution in [-0.4, -0.2) is 61.1 Å². The van der Waals surface area contributed by atoms with Crippen LogP contribution in [0, 0.1) is 0 Å². The number of benzene rings is 1. The highest BCUT2D eigenvalue weighted by Gasteiger charge is 2.46. The molecule has 2 amide bonds. The standard InChI is InChI=1S/C19H21N5O3/c1-27-15-5-3-14(4-6-15)24-17(25)13-16(18(24)26)22-9-11-23(12-10-22)19-20-7-2-8-21-19/h2-8,16H,9-13H2,1H3/p+1. The fraction of sp³-hybridized carbons (Fsp3) is 0.368. The highest BCUT2D eigenvalue weighted by Crippen LogP contribution is 2.24. The van der Waals surface area contributed by atoms with Gasteiger partial charge in [-0.3, -0.25) is 9.59 Å². The number of nitrogens with one attached hydrogen (secondary N) is 1. The van der Waals surface area contributed by atoms with E-state index in [0.717, 1.165) is 31.1 Å². The normalized spacial score (nSPS) is 21.0. The molecule has 0 spiro atoms. The zero-order chi connectivity index (χ0) is 18.8. The van der Waals surface area contributed by atoms with Gasteiger partial charge in [0.05, 0.1) is 45.4 Å². The first kappa shape index (κ1) is 17.4. The molecule has 2 aliphatic rings. The van der Waals surface area contributed by atoms with E-state index in [9.17, 15) is 9.59 Å². The van der Waals surface area contributed by atoms with Crippen molar-refractivity contribution in [2.24, 2.45) is 0 Å². The molecular weight excluding hydrogens is 346 g/mol. The molecule has 4 rings (SSSR count). The highest BCUT2D eigenvalue weighted by atomic mass is 16.5. The number of amides is 2. The minimum absolute atomic E-state index is 0.121. The number of piperazine rings is 1. The Morgan fingerprint density at radius 2 is 1.74 bits per heavy atom. The lowest BCUT2D eigenvalue weighted by atomic mass is 10.2. The van der Waals surface area contributed by atoms with Crippen LogP contribution in [0.2, 0.25) is 0 Å². The third-order valence-electron chi connectivity index (χ3n) is 5.21. The number of carbonyl (C=O) groups excluding carboxylic acids is 2. The lowest BCUT2D eigenvalue weighted by Crippen LogP contribution is -3.19. The van der Waals surface area contributed by atoms with Gasteiger partial charge in [0, 0.05) is 12.4 Å². The Morgan fingerprint density at radius 1 is 1.07 bits per heavy atom. The fourth-order valence-corrected chi connectivity index (χ4v) is 3.75. The second kappa shape index (κ2) is 7.32. The Balaban J connectivity index is 1.43. The first-order chi connectivity index (χ1) is 13.2. The number of imide groups is 1. The smallest absolute Gasteiger partial charge is 0.292 e. The van der Waals surface area contributed by atoms with Crippen molar-refractivity contribution in [1.82, 2.24) is 9.97 Å². The molecule has 2 aromatic rings. The third-order valence-corrected chi connectivity index (χ3v) is 5.21. The number of carbonyl (C=O) groups is 2. The van der Waals surface area contributed by atoms with Gasteiger partial charge in [-0.1, -0.05) is 0 Å². The van der Waals surface area contributed by atoms with Gasteiger partial charge in [-0.05, 0) is 30.3 Å². The SMILES string of the molecule is COc1ccc(N2C(=O)CC([NH+]3CCN(c4ncccn4)CC3)C2=O)cc1. The summed E-state index contributed by atoms with van der Waals surface area (Å²) in [5.74, 6) is 1.14. The van der Waals surface area contributed by atoms with Crippen LogP contribution in [0.15, 0.2) is 42.7 Å². The summed E-state index contributed by atoms with van der Waals surface area (Å²) in [6, 6.07) is 8.48. The van der Waals surface area contributed by atoms with E-state index in [2.05, 4.69) is 14.9 Å². The molecule has 8 nitrogen and oxygen atoms in total. The van der Waals surface area contributed by atoms with Crippen LogP contribution in [-0.2, 0) is 9.59 Å². The first-order valence-corrected chi connectivity index (χ1v) is 9.05. The van der Waals surface area contributed by atoms with E-state index in [-0.39, 0.29) is 24.3 Å². The minimum Gasteiger partial charge on any atom is -0.497 e. The Labute approximate surface area is 157 Å². The van der Waals surface area contributed by atoms with E-state index < -0.39 is 0 Å². The van der Waals surface area contributed by atoms with Crippen LogP contribution >= 0.6 is 0 Å². The molecule has 2 fully saturated rings. The molecule has 0 saturated carbocycles. The van der Waals surface area contributed by atoms with Crippen LogP contribution in [0.3, 0.4) is 0 Å². The molecule has 0 radical (unpaired) electrons. The van der Waals surface area contributed by atoms with Crippen LogP contribution in [0.25, 0.3) is 0 Å². The molecule has 3 heterocycles. The van der Waals surface area contributed by atoms with Crippen molar-refractivity contribution in [3.05, 3.63) is 42.7 Å². The minimum atomic E-state index is -0.321. The number of rotatable bonds is 4. The summed E-state index contributed by atoms with van der Waals surface area (Å²) in [4.78, 5) is 38.6. The average molecular weight is 368 g/mol. The second-order valence-corrected chi connectivity index (χ2v) is 6.72. The number of ether oxygens (including phenoxy) is 1. The first-order valence-electron chi connectivity index (χ1n) is 9.05. The van der Waals surface area contributed by atoms with Gasteiger partial charge in [0.15, 0.2) is 6.04 Å². The maximum atomic E-state index is 12.9. The lowest BCUT2D eigenvalue weighted by Gasteiger charge is -2.34. The molecule has 2 aliphatic heterocycles. The number of hydrogen-bond donors (Lipinski definition) is 1. The molecule has 1 aromatic heterocycles. The quantitative estimate of drug-likeness (QED) is 0.735. The highest BCUT2D eigenvalue weighted by molar-refractivity contribution is 6.21. The van der Waals surface area contributed by atoms with Gasteiger partial charge in [0.2, 0.25) is 11.9 Å². The third kappa shape index (κ3) is 3.35. The molecule has 140 valence electrons. The Hall–Kier alpha value is -3.00. The van der Waals surface area contributed by atoms with Gasteiger partial charge in [0.1, 0.15) is 5.75 Å². The summed E-state index contributed by atoms with van der Waals surface area (Å²) in [7, 11) is 1.58. The maximum absolute atomic E-state index is 12.9. The predicted octanol–water partition coefficient (Wildman–Crippen LogP) is -0.478. The summed E-state index contributed by atoms with van der Waals surface area (Å²) >= 11 is 0. The van der Waals surface area contributed by atoms with Gasteiger partial charge in [-0.2, -0.15) is 0 Å². The molecule has 1 atom stereocenters. The van der Waals surface area contributed by atoms with Crippen molar-refractivity contribution < 1.29 is 19.2 Å². The molecule has 2 saturated heterocycles. The molecule has 1 unspecified atom stereocenters. The molecule has 1 N–H and O–H groups in total. The summed E-state index contributed by atoms with van der Waals surface area (Å²) in [6.45, 7) is 3.08. The monoisotopic (exact) mass is 368 g/mol. The van der Waals surface area contributed by atoms with E-state index in [1.807, 2.05) is 0 Å². The zero-order valence-corrected chi connectivity index (χ0v) is 15.2. The summed E-state index contributed by atoms with van der Waals surface area (Å²) in [5, 5.41) is 0. The van der Waals surface area contributed by atoms with Gasteiger partial charge >= 0.3 is 0 Å². The van der Waals surface area contributed by atoms with E-state index >= 15 is 0 Å². The van der Waals surface area contributed by atoms with Gasteiger partial charge in [-0.25, -0.2) is 14.9 Å². The Morgan fingerprint density at radius 3 is 2.37 bits per heavy atom.